The first-order valence-electron chi connectivity index (χ1n) is 5.51. The normalized spacial score (nSPS) is 10.9. The average Bonchev–Trinajstić information content (AvgIpc) is 2.97. The number of hydrogen-bond donors (Lipinski definition) is 0. The Labute approximate surface area is 119 Å². The highest BCUT2D eigenvalue weighted by Gasteiger charge is 2.07. The van der Waals surface area contributed by atoms with Crippen LogP contribution in [0.3, 0.4) is 0 Å². The fraction of sp³-hybridized carbons (Fsp3) is 0.0833. The molecule has 0 saturated heterocycles. The topological polar surface area (TPSA) is 48.5 Å². The van der Waals surface area contributed by atoms with Crippen LogP contribution in [0, 0.1) is 6.92 Å². The van der Waals surface area contributed by atoms with Crippen molar-refractivity contribution in [3.05, 3.63) is 52.5 Å². The van der Waals surface area contributed by atoms with Crippen molar-refractivity contribution in [2.24, 2.45) is 0 Å². The zero-order valence-electron chi connectivity index (χ0n) is 9.96. The number of hydrogen-bond acceptors (Lipinski definition) is 3. The van der Waals surface area contributed by atoms with Crippen molar-refractivity contribution in [2.45, 2.75) is 6.92 Å². The van der Waals surface area contributed by atoms with Gasteiger partial charge in [-0.05, 0) is 24.6 Å². The molecule has 0 aromatic carbocycles. The maximum Gasteiger partial charge on any atom is 0.156 e. The van der Waals surface area contributed by atoms with Gasteiger partial charge in [0.15, 0.2) is 11.6 Å². The van der Waals surface area contributed by atoms with E-state index in [1.165, 1.54) is 0 Å². The van der Waals surface area contributed by atoms with Crippen molar-refractivity contribution in [1.29, 1.82) is 0 Å². The van der Waals surface area contributed by atoms with Crippen LogP contribution >= 0.6 is 23.2 Å². The quantitative estimate of drug-likeness (QED) is 0.729. The Morgan fingerprint density at radius 3 is 1.74 bits per heavy atom. The van der Waals surface area contributed by atoms with E-state index in [1.807, 2.05) is 19.1 Å². The van der Waals surface area contributed by atoms with Gasteiger partial charge in [0.05, 0.1) is 34.8 Å². The minimum atomic E-state index is 0.562. The summed E-state index contributed by atoms with van der Waals surface area (Å²) >= 11 is 11.7. The van der Waals surface area contributed by atoms with E-state index in [2.05, 4.69) is 15.2 Å². The molecule has 0 atom stereocenters. The third-order valence-electron chi connectivity index (χ3n) is 2.51. The van der Waals surface area contributed by atoms with Crippen LogP contribution in [0.25, 0.3) is 11.6 Å². The zero-order chi connectivity index (χ0) is 13.4. The van der Waals surface area contributed by atoms with Gasteiger partial charge in [0.2, 0.25) is 0 Å². The second kappa shape index (κ2) is 4.68. The lowest BCUT2D eigenvalue weighted by Crippen LogP contribution is -2.04. The highest BCUT2D eigenvalue weighted by molar-refractivity contribution is 6.30. The smallest absolute Gasteiger partial charge is 0.156 e. The molecule has 7 heteroatoms. The highest BCUT2D eigenvalue weighted by atomic mass is 35.5. The SMILES string of the molecule is Cc1cc(-n2cc(Cl)cn2)nc(-n2cc(Cl)cn2)c1. The highest BCUT2D eigenvalue weighted by Crippen LogP contribution is 2.16. The van der Waals surface area contributed by atoms with Crippen molar-refractivity contribution in [3.63, 3.8) is 0 Å². The maximum atomic E-state index is 5.86. The van der Waals surface area contributed by atoms with E-state index in [0.717, 1.165) is 5.56 Å². The zero-order valence-corrected chi connectivity index (χ0v) is 11.5. The Hall–Kier alpha value is -1.85. The van der Waals surface area contributed by atoms with Crippen LogP contribution in [0.5, 0.6) is 0 Å². The Morgan fingerprint density at radius 1 is 0.895 bits per heavy atom. The van der Waals surface area contributed by atoms with E-state index in [9.17, 15) is 0 Å². The molecule has 0 saturated carbocycles. The van der Waals surface area contributed by atoms with Crippen LogP contribution < -0.4 is 0 Å². The molecule has 3 aromatic rings. The molecule has 19 heavy (non-hydrogen) atoms. The van der Waals surface area contributed by atoms with Crippen LogP contribution in [0.1, 0.15) is 5.56 Å². The molecule has 0 aliphatic heterocycles. The average molecular weight is 294 g/mol. The van der Waals surface area contributed by atoms with Crippen LogP contribution in [0.4, 0.5) is 0 Å². The molecule has 96 valence electrons. The van der Waals surface area contributed by atoms with Gasteiger partial charge in [-0.25, -0.2) is 14.3 Å². The Kier molecular flexibility index (Phi) is 3.00. The number of rotatable bonds is 2. The molecule has 0 aliphatic carbocycles. The van der Waals surface area contributed by atoms with Gasteiger partial charge in [-0.1, -0.05) is 23.2 Å². The molecule has 3 rings (SSSR count). The Bertz CT molecular complexity index is 673. The number of halogens is 2. The number of nitrogens with zero attached hydrogens (tertiary/aromatic N) is 5. The first kappa shape index (κ1) is 12.2. The summed E-state index contributed by atoms with van der Waals surface area (Å²) < 4.78 is 3.23. The molecule has 3 aromatic heterocycles. The van der Waals surface area contributed by atoms with E-state index in [0.29, 0.717) is 21.7 Å². The molecule has 0 bridgehead atoms. The molecule has 0 aliphatic rings. The third-order valence-corrected chi connectivity index (χ3v) is 2.90. The summed E-state index contributed by atoms with van der Waals surface area (Å²) in [4.78, 5) is 4.48. The molecule has 0 fully saturated rings. The summed E-state index contributed by atoms with van der Waals surface area (Å²) in [6, 6.07) is 3.83. The summed E-state index contributed by atoms with van der Waals surface area (Å²) in [5, 5.41) is 9.39. The number of aromatic nitrogens is 5. The summed E-state index contributed by atoms with van der Waals surface area (Å²) in [6.07, 6.45) is 6.53. The van der Waals surface area contributed by atoms with Gasteiger partial charge in [0.25, 0.3) is 0 Å². The minimum Gasteiger partial charge on any atom is -0.221 e. The van der Waals surface area contributed by atoms with Gasteiger partial charge < -0.3 is 0 Å². The molecule has 5 nitrogen and oxygen atoms in total. The van der Waals surface area contributed by atoms with Gasteiger partial charge in [0.1, 0.15) is 0 Å². The number of pyridine rings is 1. The largest absolute Gasteiger partial charge is 0.221 e. The maximum absolute atomic E-state index is 5.86. The second-order valence-electron chi connectivity index (χ2n) is 4.07. The molecule has 0 spiro atoms. The van der Waals surface area contributed by atoms with Gasteiger partial charge in [0, 0.05) is 0 Å². The predicted molar refractivity (Wildman–Crippen MR) is 73.2 cm³/mol. The lowest BCUT2D eigenvalue weighted by Gasteiger charge is -2.06. The fourth-order valence-corrected chi connectivity index (χ4v) is 1.99. The summed E-state index contributed by atoms with van der Waals surface area (Å²) in [7, 11) is 0. The first-order chi connectivity index (χ1) is 9.11. The molecule has 0 radical (unpaired) electrons. The molecule has 3 heterocycles. The van der Waals surface area contributed by atoms with Crippen LogP contribution in [0.15, 0.2) is 36.9 Å². The first-order valence-corrected chi connectivity index (χ1v) is 6.27. The van der Waals surface area contributed by atoms with Crippen molar-refractivity contribution >= 4 is 23.2 Å². The third kappa shape index (κ3) is 2.47. The fourth-order valence-electron chi connectivity index (χ4n) is 1.72. The standard InChI is InChI=1S/C12H9Cl2N5/c1-8-2-11(18-6-9(13)4-15-18)17-12(3-8)19-7-10(14)5-16-19/h2-7H,1H3. The molecular formula is C12H9Cl2N5. The Balaban J connectivity index is 2.10. The lowest BCUT2D eigenvalue weighted by atomic mass is 10.3. The molecule has 0 unspecified atom stereocenters. The molecule has 0 N–H and O–H groups in total. The predicted octanol–water partition coefficient (Wildman–Crippen LogP) is 3.07. The Morgan fingerprint density at radius 2 is 1.37 bits per heavy atom. The van der Waals surface area contributed by atoms with Gasteiger partial charge in [-0.2, -0.15) is 10.2 Å². The van der Waals surface area contributed by atoms with E-state index in [4.69, 9.17) is 23.2 Å². The van der Waals surface area contributed by atoms with Gasteiger partial charge >= 0.3 is 0 Å². The van der Waals surface area contributed by atoms with Crippen molar-refractivity contribution < 1.29 is 0 Å². The lowest BCUT2D eigenvalue weighted by molar-refractivity contribution is 0.801. The summed E-state index contributed by atoms with van der Waals surface area (Å²) in [6.45, 7) is 1.98. The van der Waals surface area contributed by atoms with E-state index < -0.39 is 0 Å². The monoisotopic (exact) mass is 293 g/mol. The van der Waals surface area contributed by atoms with E-state index in [1.54, 1.807) is 34.2 Å². The van der Waals surface area contributed by atoms with Crippen LogP contribution in [0.2, 0.25) is 10.0 Å². The van der Waals surface area contributed by atoms with Crippen molar-refractivity contribution in [2.75, 3.05) is 0 Å². The van der Waals surface area contributed by atoms with Crippen LogP contribution in [-0.4, -0.2) is 24.5 Å². The van der Waals surface area contributed by atoms with E-state index >= 15 is 0 Å². The second-order valence-corrected chi connectivity index (χ2v) is 4.94. The minimum absolute atomic E-state index is 0.562. The molecule has 0 amide bonds. The van der Waals surface area contributed by atoms with Crippen molar-refractivity contribution in [1.82, 2.24) is 24.5 Å². The van der Waals surface area contributed by atoms with Gasteiger partial charge in [-0.3, -0.25) is 0 Å². The summed E-state index contributed by atoms with van der Waals surface area (Å²) in [5.74, 6) is 1.35. The van der Waals surface area contributed by atoms with Gasteiger partial charge in [-0.15, -0.1) is 0 Å². The molecular weight excluding hydrogens is 285 g/mol. The number of aryl methyl sites for hydroxylation is 1. The van der Waals surface area contributed by atoms with Crippen LogP contribution in [-0.2, 0) is 0 Å². The summed E-state index contributed by atoms with van der Waals surface area (Å²) in [5.41, 5.74) is 1.04. The van der Waals surface area contributed by atoms with Crippen molar-refractivity contribution in [3.8, 4) is 11.6 Å². The van der Waals surface area contributed by atoms with E-state index in [-0.39, 0.29) is 0 Å².